The zero-order valence-electron chi connectivity index (χ0n) is 16.1. The van der Waals surface area contributed by atoms with Crippen LogP contribution in [0, 0.1) is 0 Å². The molecule has 0 aliphatic carbocycles. The van der Waals surface area contributed by atoms with Gasteiger partial charge in [-0.1, -0.05) is 24.3 Å². The largest absolute Gasteiger partial charge is 0.374 e. The molecule has 0 fully saturated rings. The molecule has 0 atom stereocenters. The number of benzene rings is 2. The Morgan fingerprint density at radius 2 is 1.82 bits per heavy atom. The summed E-state index contributed by atoms with van der Waals surface area (Å²) in [5, 5.41) is 0. The Morgan fingerprint density at radius 1 is 1.14 bits per heavy atom. The van der Waals surface area contributed by atoms with Gasteiger partial charge in [0.05, 0.1) is 14.1 Å². The second-order valence-corrected chi connectivity index (χ2v) is 10.0. The quantitative estimate of drug-likeness (QED) is 0.363. The standard InChI is InChI=1S/C20H23N3O3S2/c1-21(14-15-27-28(24,25)26)17-11-8-16(9-12-17)10-13-20-22(2)18-6-4-5-7-19(18)23(20)3/h4-13H,14-15H2,1-3H3/p+1. The van der Waals surface area contributed by atoms with Crippen molar-refractivity contribution in [2.24, 2.45) is 14.1 Å². The van der Waals surface area contributed by atoms with Crippen LogP contribution in [0.1, 0.15) is 11.4 Å². The summed E-state index contributed by atoms with van der Waals surface area (Å²) in [6, 6.07) is 16.4. The average Bonchev–Trinajstić information content (AvgIpc) is 2.90. The molecular formula is C20H24N3O3S2+. The van der Waals surface area contributed by atoms with Crippen LogP contribution < -0.4 is 9.47 Å². The predicted molar refractivity (Wildman–Crippen MR) is 117 cm³/mol. The highest BCUT2D eigenvalue weighted by Crippen LogP contribution is 2.18. The Bertz CT molecular complexity index is 1060. The molecule has 0 saturated heterocycles. The van der Waals surface area contributed by atoms with Crippen LogP contribution in [0.4, 0.5) is 5.69 Å². The summed E-state index contributed by atoms with van der Waals surface area (Å²) in [4.78, 5) is 1.95. The van der Waals surface area contributed by atoms with Gasteiger partial charge in [0.1, 0.15) is 0 Å². The van der Waals surface area contributed by atoms with Crippen LogP contribution in [-0.4, -0.2) is 36.9 Å². The fourth-order valence-electron chi connectivity index (χ4n) is 3.15. The van der Waals surface area contributed by atoms with E-state index in [1.807, 2.05) is 48.3 Å². The van der Waals surface area contributed by atoms with Crippen molar-refractivity contribution in [2.75, 3.05) is 24.2 Å². The lowest BCUT2D eigenvalue weighted by atomic mass is 10.2. The number of fused-ring (bicyclic) bond motifs is 1. The SMILES string of the molecule is CN(CCSS(=O)(=O)O)c1ccc(/C=C/c2n(C)c3ccccc3[n+]2C)cc1. The van der Waals surface area contributed by atoms with Crippen molar-refractivity contribution in [2.45, 2.75) is 0 Å². The van der Waals surface area contributed by atoms with Crippen molar-refractivity contribution in [1.82, 2.24) is 4.57 Å². The minimum Gasteiger partial charge on any atom is -0.374 e. The Morgan fingerprint density at radius 3 is 2.46 bits per heavy atom. The van der Waals surface area contributed by atoms with E-state index in [0.29, 0.717) is 23.1 Å². The molecule has 28 heavy (non-hydrogen) atoms. The molecule has 0 bridgehead atoms. The lowest BCUT2D eigenvalue weighted by Crippen LogP contribution is -2.30. The van der Waals surface area contributed by atoms with Crippen molar-refractivity contribution in [3.8, 4) is 0 Å². The van der Waals surface area contributed by atoms with Gasteiger partial charge < -0.3 is 4.90 Å². The molecule has 148 valence electrons. The third-order valence-electron chi connectivity index (χ3n) is 4.71. The van der Waals surface area contributed by atoms with Crippen LogP contribution in [0.25, 0.3) is 23.2 Å². The molecule has 0 radical (unpaired) electrons. The minimum absolute atomic E-state index is 0.300. The van der Waals surface area contributed by atoms with E-state index in [9.17, 15) is 8.42 Å². The Balaban J connectivity index is 1.71. The van der Waals surface area contributed by atoms with E-state index >= 15 is 0 Å². The molecule has 1 heterocycles. The number of rotatable bonds is 7. The lowest BCUT2D eigenvalue weighted by Gasteiger charge is -2.18. The van der Waals surface area contributed by atoms with Gasteiger partial charge in [-0.15, -0.1) is 0 Å². The maximum atomic E-state index is 10.8. The summed E-state index contributed by atoms with van der Waals surface area (Å²) in [6.07, 6.45) is 4.17. The summed E-state index contributed by atoms with van der Waals surface area (Å²) >= 11 is 0. The first-order chi connectivity index (χ1) is 13.3. The molecule has 3 rings (SSSR count). The second-order valence-electron chi connectivity index (χ2n) is 6.56. The van der Waals surface area contributed by atoms with Crippen molar-refractivity contribution < 1.29 is 17.5 Å². The van der Waals surface area contributed by atoms with Crippen molar-refractivity contribution in [3.63, 3.8) is 0 Å². The molecule has 0 saturated carbocycles. The van der Waals surface area contributed by atoms with E-state index in [2.05, 4.69) is 47.5 Å². The third-order valence-corrected chi connectivity index (χ3v) is 6.75. The summed E-state index contributed by atoms with van der Waals surface area (Å²) in [5.74, 6) is 1.40. The fraction of sp³-hybridized carbons (Fsp3) is 0.250. The number of para-hydroxylation sites is 2. The maximum Gasteiger partial charge on any atom is 0.319 e. The van der Waals surface area contributed by atoms with Gasteiger partial charge >= 0.3 is 9.15 Å². The number of aromatic nitrogens is 2. The first-order valence-electron chi connectivity index (χ1n) is 8.81. The van der Waals surface area contributed by atoms with Crippen LogP contribution >= 0.6 is 10.8 Å². The number of aryl methyl sites for hydroxylation is 2. The summed E-state index contributed by atoms with van der Waals surface area (Å²) in [6.45, 7) is 0.519. The Hall–Kier alpha value is -2.29. The van der Waals surface area contributed by atoms with Crippen LogP contribution in [-0.2, 0) is 23.2 Å². The van der Waals surface area contributed by atoms with Gasteiger partial charge in [-0.25, -0.2) is 9.13 Å². The highest BCUT2D eigenvalue weighted by molar-refractivity contribution is 8.69. The molecule has 1 N–H and O–H groups in total. The monoisotopic (exact) mass is 418 g/mol. The van der Waals surface area contributed by atoms with E-state index in [1.165, 1.54) is 11.0 Å². The molecule has 3 aromatic rings. The molecule has 2 aromatic carbocycles. The molecule has 0 aliphatic rings. The first kappa shape index (κ1) is 20.4. The molecule has 0 amide bonds. The molecule has 0 aliphatic heterocycles. The van der Waals surface area contributed by atoms with E-state index in [-0.39, 0.29) is 0 Å². The van der Waals surface area contributed by atoms with Crippen molar-refractivity contribution >= 4 is 48.8 Å². The Labute approximate surface area is 169 Å². The van der Waals surface area contributed by atoms with E-state index in [4.69, 9.17) is 4.55 Å². The van der Waals surface area contributed by atoms with E-state index in [1.54, 1.807) is 0 Å². The fourth-order valence-corrected chi connectivity index (χ4v) is 4.56. The van der Waals surface area contributed by atoms with Crippen LogP contribution in [0.15, 0.2) is 48.5 Å². The highest BCUT2D eigenvalue weighted by Gasteiger charge is 2.16. The smallest absolute Gasteiger partial charge is 0.319 e. The number of anilines is 1. The van der Waals surface area contributed by atoms with Gasteiger partial charge in [-0.05, 0) is 46.7 Å². The van der Waals surface area contributed by atoms with E-state index in [0.717, 1.165) is 17.1 Å². The highest BCUT2D eigenvalue weighted by atomic mass is 33.1. The predicted octanol–water partition coefficient (Wildman–Crippen LogP) is 3.15. The average molecular weight is 419 g/mol. The van der Waals surface area contributed by atoms with Crippen molar-refractivity contribution in [1.29, 1.82) is 0 Å². The van der Waals surface area contributed by atoms with E-state index < -0.39 is 9.15 Å². The summed E-state index contributed by atoms with van der Waals surface area (Å²) < 4.78 is 34.7. The third kappa shape index (κ3) is 4.76. The van der Waals surface area contributed by atoms with Crippen molar-refractivity contribution in [3.05, 3.63) is 59.9 Å². The zero-order valence-corrected chi connectivity index (χ0v) is 17.7. The molecule has 8 heteroatoms. The maximum absolute atomic E-state index is 10.8. The van der Waals surface area contributed by atoms with Crippen LogP contribution in [0.2, 0.25) is 0 Å². The molecule has 6 nitrogen and oxygen atoms in total. The number of hydrogen-bond acceptors (Lipinski definition) is 4. The van der Waals surface area contributed by atoms with Crippen LogP contribution in [0.5, 0.6) is 0 Å². The van der Waals surface area contributed by atoms with Gasteiger partial charge in [0.25, 0.3) is 5.82 Å². The molecule has 1 aromatic heterocycles. The second kappa shape index (κ2) is 8.38. The zero-order chi connectivity index (χ0) is 20.3. The molecule has 0 unspecified atom stereocenters. The van der Waals surface area contributed by atoms with Gasteiger partial charge in [0, 0.05) is 31.1 Å². The normalized spacial score (nSPS) is 12.1. The Kier molecular flexibility index (Phi) is 6.12. The van der Waals surface area contributed by atoms with Gasteiger partial charge in [-0.3, -0.25) is 4.55 Å². The number of hydrogen-bond donors (Lipinski definition) is 1. The first-order valence-corrected chi connectivity index (χ1v) is 11.7. The van der Waals surface area contributed by atoms with Crippen LogP contribution in [0.3, 0.4) is 0 Å². The van der Waals surface area contributed by atoms with Gasteiger partial charge in [0.15, 0.2) is 11.0 Å². The molecule has 0 spiro atoms. The summed E-state index contributed by atoms with van der Waals surface area (Å²) in [7, 11) is 2.57. The summed E-state index contributed by atoms with van der Waals surface area (Å²) in [5.41, 5.74) is 4.44. The number of nitrogens with zero attached hydrogens (tertiary/aromatic N) is 3. The minimum atomic E-state index is -3.98. The topological polar surface area (TPSA) is 66.4 Å². The lowest BCUT2D eigenvalue weighted by molar-refractivity contribution is -0.647. The van der Waals surface area contributed by atoms with Gasteiger partial charge in [0.2, 0.25) is 0 Å². The van der Waals surface area contributed by atoms with Gasteiger partial charge in [-0.2, -0.15) is 8.42 Å². The molecular weight excluding hydrogens is 394 g/mol. The number of imidazole rings is 1.